The summed E-state index contributed by atoms with van der Waals surface area (Å²) < 4.78 is 8.97. The Morgan fingerprint density at radius 1 is 0.294 bits per heavy atom. The van der Waals surface area contributed by atoms with E-state index < -0.39 is 0 Å². The van der Waals surface area contributed by atoms with Gasteiger partial charge in [-0.2, -0.15) is 0 Å². The summed E-state index contributed by atoms with van der Waals surface area (Å²) >= 11 is 0. The fourth-order valence-corrected chi connectivity index (χ4v) is 10.5. The van der Waals surface area contributed by atoms with Crippen LogP contribution in [0.4, 0.5) is 0 Å². The first-order chi connectivity index (χ1) is 33.7. The lowest BCUT2D eigenvalue weighted by Crippen LogP contribution is -2.01. The Morgan fingerprint density at radius 2 is 0.794 bits per heavy atom. The van der Waals surface area contributed by atoms with Crippen molar-refractivity contribution in [3.63, 3.8) is 0 Å². The normalized spacial score (nSPS) is 11.8. The van der Waals surface area contributed by atoms with Crippen molar-refractivity contribution in [3.8, 4) is 62.1 Å². The molecule has 0 amide bonds. The molecule has 14 aromatic rings. The molecule has 0 saturated heterocycles. The summed E-state index contributed by atoms with van der Waals surface area (Å²) in [6.45, 7) is 0. The number of nitrogens with zero attached hydrogens (tertiary/aromatic N) is 4. The maximum absolute atomic E-state index is 6.53. The molecule has 5 nitrogen and oxygen atoms in total. The molecule has 0 saturated carbocycles. The lowest BCUT2D eigenvalue weighted by Gasteiger charge is -2.16. The molecule has 68 heavy (non-hydrogen) atoms. The zero-order valence-corrected chi connectivity index (χ0v) is 36.6. The summed E-state index contributed by atoms with van der Waals surface area (Å²) in [6.07, 6.45) is 0. The third-order valence-electron chi connectivity index (χ3n) is 13.6. The van der Waals surface area contributed by atoms with Crippen LogP contribution in [0, 0.1) is 0 Å². The van der Waals surface area contributed by atoms with Crippen LogP contribution in [-0.4, -0.2) is 19.5 Å². The Bertz CT molecular complexity index is 4180. The lowest BCUT2D eigenvalue weighted by atomic mass is 9.91. The molecule has 0 aliphatic rings. The van der Waals surface area contributed by atoms with E-state index in [1.165, 1.54) is 38.4 Å². The van der Waals surface area contributed by atoms with Crippen molar-refractivity contribution in [2.45, 2.75) is 0 Å². The number of benzene rings is 11. The van der Waals surface area contributed by atoms with Gasteiger partial charge in [0, 0.05) is 43.7 Å². The Morgan fingerprint density at radius 3 is 1.46 bits per heavy atom. The summed E-state index contributed by atoms with van der Waals surface area (Å²) in [5.74, 6) is 1.76. The van der Waals surface area contributed by atoms with Gasteiger partial charge in [0.15, 0.2) is 17.5 Å². The molecule has 0 atom stereocenters. The van der Waals surface area contributed by atoms with Gasteiger partial charge in [0.25, 0.3) is 0 Å². The van der Waals surface area contributed by atoms with Crippen LogP contribution in [0.25, 0.3) is 138 Å². The van der Waals surface area contributed by atoms with E-state index in [9.17, 15) is 0 Å². The lowest BCUT2D eigenvalue weighted by molar-refractivity contribution is 0.669. The van der Waals surface area contributed by atoms with Crippen LogP contribution in [-0.2, 0) is 0 Å². The second-order valence-corrected chi connectivity index (χ2v) is 17.5. The van der Waals surface area contributed by atoms with Crippen molar-refractivity contribution in [2.75, 3.05) is 0 Å². The minimum Gasteiger partial charge on any atom is -0.455 e. The van der Waals surface area contributed by atoms with E-state index >= 15 is 0 Å². The highest BCUT2D eigenvalue weighted by Gasteiger charge is 2.22. The topological polar surface area (TPSA) is 56.7 Å². The number of hydrogen-bond donors (Lipinski definition) is 0. The molecular formula is C63H38N4O. The van der Waals surface area contributed by atoms with Crippen LogP contribution in [0.15, 0.2) is 235 Å². The highest BCUT2D eigenvalue weighted by atomic mass is 16.3. The van der Waals surface area contributed by atoms with Crippen molar-refractivity contribution in [3.05, 3.63) is 231 Å². The Hall–Kier alpha value is -9.19. The van der Waals surface area contributed by atoms with Crippen LogP contribution < -0.4 is 0 Å². The number of hydrogen-bond acceptors (Lipinski definition) is 4. The van der Waals surface area contributed by atoms with E-state index in [1.807, 2.05) is 42.5 Å². The molecule has 0 fully saturated rings. The standard InChI is InChI=1S/C63H38N4O/c1-4-16-39(17-5-1)42-30-34-56-54(36-42)55-37-43(40-18-6-2-7-19-40)31-35-57(55)67(56)44-32-33-46-49-25-14-27-51(59(49)48-24-11-10-22-45(48)53(46)38-44)62-64-61(41-20-8-3-9-21-41)65-63(66-62)52-28-15-26-50-47-23-12-13-29-58(47)68-60(50)52/h1-38H. The zero-order valence-electron chi connectivity index (χ0n) is 36.6. The molecule has 0 spiro atoms. The third-order valence-corrected chi connectivity index (χ3v) is 13.6. The predicted molar refractivity (Wildman–Crippen MR) is 281 cm³/mol. The van der Waals surface area contributed by atoms with Gasteiger partial charge in [0.05, 0.1) is 16.6 Å². The largest absolute Gasteiger partial charge is 0.455 e. The number of para-hydroxylation sites is 2. The smallest absolute Gasteiger partial charge is 0.167 e. The van der Waals surface area contributed by atoms with Gasteiger partial charge in [-0.1, -0.05) is 182 Å². The van der Waals surface area contributed by atoms with Crippen molar-refractivity contribution >= 4 is 76.1 Å². The number of furan rings is 1. The van der Waals surface area contributed by atoms with Crippen LogP contribution in [0.1, 0.15) is 0 Å². The SMILES string of the molecule is c1ccc(-c2ccc3c(c2)c2cc(-c4ccccc4)ccc2n3-c2ccc3c(c2)c2ccccc2c2c(-c4nc(-c5ccccc5)nc(-c5cccc6c5oc5ccccc56)n4)cccc32)cc1. The molecule has 3 heterocycles. The van der Waals surface area contributed by atoms with Crippen molar-refractivity contribution < 1.29 is 4.42 Å². The Labute approximate surface area is 390 Å². The van der Waals surface area contributed by atoms with Crippen LogP contribution >= 0.6 is 0 Å². The first-order valence-electron chi connectivity index (χ1n) is 23.0. The minimum absolute atomic E-state index is 0.559. The van der Waals surface area contributed by atoms with Gasteiger partial charge in [-0.25, -0.2) is 15.0 Å². The maximum Gasteiger partial charge on any atom is 0.167 e. The van der Waals surface area contributed by atoms with E-state index in [1.54, 1.807) is 0 Å². The zero-order chi connectivity index (χ0) is 44.7. The fraction of sp³-hybridized carbons (Fsp3) is 0. The third kappa shape index (κ3) is 5.99. The van der Waals surface area contributed by atoms with Gasteiger partial charge in [-0.05, 0) is 97.7 Å². The summed E-state index contributed by atoms with van der Waals surface area (Å²) in [5.41, 5.74) is 12.5. The van der Waals surface area contributed by atoms with Gasteiger partial charge in [-0.3, -0.25) is 0 Å². The van der Waals surface area contributed by atoms with E-state index in [0.717, 1.165) is 82.3 Å². The summed E-state index contributed by atoms with van der Waals surface area (Å²) in [5, 5.41) is 11.4. The molecule has 316 valence electrons. The highest BCUT2D eigenvalue weighted by molar-refractivity contribution is 6.28. The molecule has 0 unspecified atom stereocenters. The maximum atomic E-state index is 6.53. The highest BCUT2D eigenvalue weighted by Crippen LogP contribution is 2.43. The molecule has 0 N–H and O–H groups in total. The van der Waals surface area contributed by atoms with Gasteiger partial charge < -0.3 is 8.98 Å². The van der Waals surface area contributed by atoms with Gasteiger partial charge in [-0.15, -0.1) is 0 Å². The molecular weight excluding hydrogens is 829 g/mol. The second-order valence-electron chi connectivity index (χ2n) is 17.5. The first kappa shape index (κ1) is 38.1. The van der Waals surface area contributed by atoms with Crippen molar-refractivity contribution in [2.24, 2.45) is 0 Å². The minimum atomic E-state index is 0.559. The first-order valence-corrected chi connectivity index (χ1v) is 23.0. The van der Waals surface area contributed by atoms with Gasteiger partial charge in [0.2, 0.25) is 0 Å². The predicted octanol–water partition coefficient (Wildman–Crippen LogP) is 16.7. The van der Waals surface area contributed by atoms with E-state index in [4.69, 9.17) is 19.4 Å². The molecule has 0 aliphatic heterocycles. The molecule has 0 aliphatic carbocycles. The van der Waals surface area contributed by atoms with Crippen molar-refractivity contribution in [1.29, 1.82) is 0 Å². The van der Waals surface area contributed by atoms with Crippen LogP contribution in [0.2, 0.25) is 0 Å². The van der Waals surface area contributed by atoms with E-state index in [2.05, 4.69) is 193 Å². The summed E-state index contributed by atoms with van der Waals surface area (Å²) in [7, 11) is 0. The average Bonchev–Trinajstić information content (AvgIpc) is 3.96. The Balaban J connectivity index is 0.991. The molecule has 0 bridgehead atoms. The van der Waals surface area contributed by atoms with E-state index in [0.29, 0.717) is 17.5 Å². The van der Waals surface area contributed by atoms with E-state index in [-0.39, 0.29) is 0 Å². The van der Waals surface area contributed by atoms with Crippen LogP contribution in [0.5, 0.6) is 0 Å². The monoisotopic (exact) mass is 866 g/mol. The molecule has 5 heteroatoms. The van der Waals surface area contributed by atoms with Gasteiger partial charge >= 0.3 is 0 Å². The second kappa shape index (κ2) is 15.2. The fourth-order valence-electron chi connectivity index (χ4n) is 10.5. The number of aromatic nitrogens is 4. The molecule has 14 rings (SSSR count). The van der Waals surface area contributed by atoms with Crippen LogP contribution in [0.3, 0.4) is 0 Å². The summed E-state index contributed by atoms with van der Waals surface area (Å²) in [4.78, 5) is 15.7. The molecule has 0 radical (unpaired) electrons. The Kier molecular flexibility index (Phi) is 8.52. The quantitative estimate of drug-likeness (QED) is 0.156. The summed E-state index contributed by atoms with van der Waals surface area (Å²) in [6, 6.07) is 81.9. The number of rotatable bonds is 6. The van der Waals surface area contributed by atoms with Gasteiger partial charge in [0.1, 0.15) is 11.2 Å². The molecule has 3 aromatic heterocycles. The number of fused-ring (bicyclic) bond motifs is 12. The molecule has 11 aromatic carbocycles. The van der Waals surface area contributed by atoms with Crippen molar-refractivity contribution in [1.82, 2.24) is 19.5 Å². The average molecular weight is 867 g/mol.